The number of nitrogens with two attached hydrogens (primary N) is 1. The maximum atomic E-state index is 10.2. The van der Waals surface area contributed by atoms with E-state index in [9.17, 15) is 4.79 Å². The molecule has 0 aliphatic heterocycles. The second kappa shape index (κ2) is 3.45. The van der Waals surface area contributed by atoms with Crippen LogP contribution in [0.4, 0.5) is 0 Å². The molecule has 0 saturated carbocycles. The number of carboxylic acids is 1. The van der Waals surface area contributed by atoms with E-state index in [1.807, 2.05) is 13.8 Å². The van der Waals surface area contributed by atoms with Crippen molar-refractivity contribution < 1.29 is 9.90 Å². The summed E-state index contributed by atoms with van der Waals surface area (Å²) < 4.78 is 0. The molecule has 0 heterocycles. The molecular formula is C6H13NO2. The van der Waals surface area contributed by atoms with Crippen molar-refractivity contribution in [2.24, 2.45) is 11.7 Å². The van der Waals surface area contributed by atoms with Gasteiger partial charge in [0.25, 0.3) is 0 Å². The number of carbonyl (C=O) groups is 1. The number of carboxylic acid groups (broad SMARTS) is 1. The lowest BCUT2D eigenvalue weighted by molar-refractivity contribution is -0.139. The summed E-state index contributed by atoms with van der Waals surface area (Å²) in [7, 11) is 0. The number of rotatable bonds is 3. The van der Waals surface area contributed by atoms with Crippen molar-refractivity contribution in [1.82, 2.24) is 0 Å². The Balaban J connectivity index is 3.72. The van der Waals surface area contributed by atoms with Crippen LogP contribution in [-0.2, 0) is 4.79 Å². The summed E-state index contributed by atoms with van der Waals surface area (Å²) in [6.45, 7) is 3.76. The Labute approximate surface area is 54.9 Å². The predicted octanol–water partition coefficient (Wildman–Crippen LogP) is 0.444. The Morgan fingerprint density at radius 3 is 2.33 bits per heavy atom. The maximum absolute atomic E-state index is 10.2. The van der Waals surface area contributed by atoms with Gasteiger partial charge in [0.05, 0.1) is 0 Å². The molecule has 0 radical (unpaired) electrons. The Bertz CT molecular complexity index is 103. The molecule has 0 saturated heterocycles. The van der Waals surface area contributed by atoms with Gasteiger partial charge in [-0.2, -0.15) is 0 Å². The summed E-state index contributed by atoms with van der Waals surface area (Å²) in [6.07, 6.45) is 0.813. The number of aliphatic carboxylic acids is 1. The fourth-order valence-electron chi connectivity index (χ4n) is 0.497. The molecule has 0 aromatic carbocycles. The van der Waals surface area contributed by atoms with Crippen LogP contribution in [0.5, 0.6) is 0 Å². The molecule has 0 spiro atoms. The van der Waals surface area contributed by atoms with E-state index in [2.05, 4.69) is 0 Å². The van der Waals surface area contributed by atoms with Gasteiger partial charge in [-0.05, 0) is 5.92 Å². The van der Waals surface area contributed by atoms with Crippen molar-refractivity contribution in [3.05, 3.63) is 0 Å². The van der Waals surface area contributed by atoms with Gasteiger partial charge in [-0.15, -0.1) is 0 Å². The quantitative estimate of drug-likeness (QED) is 0.602. The molecule has 0 aromatic heterocycles. The summed E-state index contributed by atoms with van der Waals surface area (Å²) in [6, 6.07) is -0.699. The topological polar surface area (TPSA) is 63.3 Å². The van der Waals surface area contributed by atoms with Crippen molar-refractivity contribution in [1.29, 1.82) is 0 Å². The van der Waals surface area contributed by atoms with Gasteiger partial charge in [-0.3, -0.25) is 4.79 Å². The molecule has 3 N–H and O–H groups in total. The fourth-order valence-corrected chi connectivity index (χ4v) is 0.497. The monoisotopic (exact) mass is 143 g/mol. The molecular weight excluding hydrogens is 130 g/mol. The minimum Gasteiger partial charge on any atom is -0.480 e. The molecule has 0 rings (SSSR count). The summed E-state index contributed by atoms with van der Waals surface area (Å²) in [4.78, 5) is 10.2. The number of hydrogen-bond donors (Lipinski definition) is 2. The molecule has 0 aromatic rings. The van der Waals surface area contributed by atoms with Crippen LogP contribution in [0.15, 0.2) is 0 Å². The first-order valence-electron chi connectivity index (χ1n) is 3.08. The average molecular weight is 143 g/mol. The lowest BCUT2D eigenvalue weighted by Crippen LogP contribution is -2.36. The standard InChI is InChI=1S/C6H13NO2/c1-3-4(2)5(7)6(8)9/h4-5H,3,7H2,1-2H3,(H,8,9)/i1+2,2+2,3+2,4+2,5+2,6+2. The van der Waals surface area contributed by atoms with Crippen molar-refractivity contribution in [2.75, 3.05) is 0 Å². The Morgan fingerprint density at radius 2 is 2.22 bits per heavy atom. The van der Waals surface area contributed by atoms with Crippen LogP contribution >= 0.6 is 0 Å². The molecule has 0 amide bonds. The minimum atomic E-state index is -0.913. The van der Waals surface area contributed by atoms with Gasteiger partial charge in [-0.25, -0.2) is 0 Å². The van der Waals surface area contributed by atoms with Gasteiger partial charge >= 0.3 is 5.97 Å². The highest BCUT2D eigenvalue weighted by atomic mass is 16.7. The van der Waals surface area contributed by atoms with E-state index in [0.717, 1.165) is 6.42 Å². The summed E-state index contributed by atoms with van der Waals surface area (Å²) in [5.41, 5.74) is 5.27. The third kappa shape index (κ3) is 2.46. The molecule has 2 unspecified atom stereocenters. The van der Waals surface area contributed by atoms with Crippen molar-refractivity contribution in [3.8, 4) is 0 Å². The smallest absolute Gasteiger partial charge is 0.320 e. The third-order valence-electron chi connectivity index (χ3n) is 1.54. The van der Waals surface area contributed by atoms with Crippen LogP contribution in [0.25, 0.3) is 0 Å². The van der Waals surface area contributed by atoms with Gasteiger partial charge in [0.2, 0.25) is 0 Å². The second-order valence-corrected chi connectivity index (χ2v) is 2.25. The maximum Gasteiger partial charge on any atom is 0.320 e. The predicted molar refractivity (Wildman–Crippen MR) is 35.1 cm³/mol. The highest BCUT2D eigenvalue weighted by Crippen LogP contribution is 2.04. The molecule has 0 fully saturated rings. The van der Waals surface area contributed by atoms with Gasteiger partial charge in [0, 0.05) is 0 Å². The molecule has 0 bridgehead atoms. The molecule has 0 aliphatic carbocycles. The average Bonchev–Trinajstić information content (AvgIpc) is 1.84. The largest absolute Gasteiger partial charge is 0.480 e. The van der Waals surface area contributed by atoms with Gasteiger partial charge < -0.3 is 10.8 Å². The highest BCUT2D eigenvalue weighted by molar-refractivity contribution is 5.73. The van der Waals surface area contributed by atoms with Crippen molar-refractivity contribution >= 4 is 5.97 Å². The van der Waals surface area contributed by atoms with Crippen LogP contribution < -0.4 is 5.73 Å². The van der Waals surface area contributed by atoms with Crippen molar-refractivity contribution in [3.63, 3.8) is 0 Å². The van der Waals surface area contributed by atoms with Crippen LogP contribution in [0, 0.1) is 5.92 Å². The van der Waals surface area contributed by atoms with Crippen molar-refractivity contribution in [2.45, 2.75) is 26.3 Å². The van der Waals surface area contributed by atoms with Crippen LogP contribution in [0.3, 0.4) is 0 Å². The molecule has 9 heavy (non-hydrogen) atoms. The van der Waals surface area contributed by atoms with E-state index in [4.69, 9.17) is 10.8 Å². The summed E-state index contributed by atoms with van der Waals surface area (Å²) in [5, 5.41) is 8.36. The molecule has 2 atom stereocenters. The first kappa shape index (κ1) is 8.43. The number of hydrogen-bond acceptors (Lipinski definition) is 2. The zero-order chi connectivity index (χ0) is 7.44. The molecule has 3 heteroatoms. The molecule has 0 aliphatic rings. The lowest BCUT2D eigenvalue weighted by Gasteiger charge is -2.11. The Morgan fingerprint density at radius 1 is 1.78 bits per heavy atom. The normalized spacial score (nSPS) is 16.8. The third-order valence-corrected chi connectivity index (χ3v) is 1.54. The van der Waals surface area contributed by atoms with E-state index in [1.54, 1.807) is 0 Å². The van der Waals surface area contributed by atoms with E-state index in [-0.39, 0.29) is 5.92 Å². The summed E-state index contributed by atoms with van der Waals surface area (Å²) >= 11 is 0. The van der Waals surface area contributed by atoms with Crippen LogP contribution in [-0.4, -0.2) is 17.1 Å². The zero-order valence-electron chi connectivity index (χ0n) is 5.79. The lowest BCUT2D eigenvalue weighted by atomic mass is 11.9. The van der Waals surface area contributed by atoms with Crippen LogP contribution in [0.2, 0.25) is 0 Å². The fraction of sp³-hybridized carbons (Fsp3) is 0.833. The zero-order valence-corrected chi connectivity index (χ0v) is 5.79. The highest BCUT2D eigenvalue weighted by Gasteiger charge is 2.17. The second-order valence-electron chi connectivity index (χ2n) is 2.25. The molecule has 54 valence electrons. The minimum absolute atomic E-state index is 0.0718. The SMILES string of the molecule is [14CH3][14CH2][14CH]([14CH3])[14CH](N)[14C](=O)O. The first-order chi connectivity index (χ1) is 4.09. The first-order valence-corrected chi connectivity index (χ1v) is 3.08. The van der Waals surface area contributed by atoms with E-state index < -0.39 is 12.0 Å². The Kier molecular flexibility index (Phi) is 3.24. The van der Waals surface area contributed by atoms with E-state index >= 15 is 0 Å². The van der Waals surface area contributed by atoms with Gasteiger partial charge in [0.1, 0.15) is 6.04 Å². The van der Waals surface area contributed by atoms with Crippen LogP contribution in [0.1, 0.15) is 20.3 Å². The van der Waals surface area contributed by atoms with E-state index in [0.29, 0.717) is 0 Å². The van der Waals surface area contributed by atoms with Gasteiger partial charge in [-0.1, -0.05) is 20.3 Å². The van der Waals surface area contributed by atoms with E-state index in [1.165, 1.54) is 0 Å². The Hall–Kier alpha value is -0.570. The van der Waals surface area contributed by atoms with Gasteiger partial charge in [0.15, 0.2) is 0 Å². The summed E-state index contributed by atoms with van der Waals surface area (Å²) in [5.74, 6) is -0.841. The molecule has 3 nitrogen and oxygen atoms in total.